The third-order valence-corrected chi connectivity index (χ3v) is 4.40. The van der Waals surface area contributed by atoms with E-state index in [2.05, 4.69) is 15.3 Å². The zero-order valence-corrected chi connectivity index (χ0v) is 13.9. The van der Waals surface area contributed by atoms with Crippen LogP contribution in [0.1, 0.15) is 20.3 Å². The molecule has 2 heterocycles. The van der Waals surface area contributed by atoms with Crippen molar-refractivity contribution in [3.05, 3.63) is 23.4 Å². The van der Waals surface area contributed by atoms with Crippen LogP contribution in [-0.2, 0) is 9.59 Å². The van der Waals surface area contributed by atoms with Gasteiger partial charge in [-0.15, -0.1) is 0 Å². The van der Waals surface area contributed by atoms with Crippen LogP contribution < -0.4 is 5.32 Å². The van der Waals surface area contributed by atoms with Crippen molar-refractivity contribution in [2.24, 2.45) is 4.99 Å². The number of amides is 2. The number of carbonyl (C=O) groups excluding carboxylic acids is 2. The van der Waals surface area contributed by atoms with Crippen LogP contribution in [-0.4, -0.2) is 45.2 Å². The number of hydrogen-bond donors (Lipinski definition) is 1. The quantitative estimate of drug-likeness (QED) is 0.891. The number of nitrogens with zero attached hydrogens (tertiary/aromatic N) is 3. The SMILES string of the molecule is CCNC(=O)CC1SC(=Nc2ccc(Cl)cn2)N(CC)C1=O. The van der Waals surface area contributed by atoms with Crippen molar-refractivity contribution in [1.29, 1.82) is 0 Å². The van der Waals surface area contributed by atoms with E-state index in [4.69, 9.17) is 11.6 Å². The van der Waals surface area contributed by atoms with Gasteiger partial charge in [0.05, 0.1) is 5.02 Å². The molecule has 0 aromatic carbocycles. The van der Waals surface area contributed by atoms with Crippen molar-refractivity contribution in [3.63, 3.8) is 0 Å². The summed E-state index contributed by atoms with van der Waals surface area (Å²) < 4.78 is 0. The molecule has 2 amide bonds. The first-order valence-electron chi connectivity index (χ1n) is 7.00. The minimum Gasteiger partial charge on any atom is -0.356 e. The number of aliphatic imine (C=N–C) groups is 1. The molecule has 1 aliphatic heterocycles. The summed E-state index contributed by atoms with van der Waals surface area (Å²) in [5, 5.41) is 3.37. The Morgan fingerprint density at radius 2 is 2.27 bits per heavy atom. The van der Waals surface area contributed by atoms with E-state index in [1.807, 2.05) is 13.8 Å². The third-order valence-electron chi connectivity index (χ3n) is 3.00. The van der Waals surface area contributed by atoms with Gasteiger partial charge in [0.15, 0.2) is 11.0 Å². The van der Waals surface area contributed by atoms with Crippen molar-refractivity contribution in [1.82, 2.24) is 15.2 Å². The Bertz CT molecular complexity index is 591. The summed E-state index contributed by atoms with van der Waals surface area (Å²) in [6, 6.07) is 3.38. The second-order valence-electron chi connectivity index (χ2n) is 4.58. The fraction of sp³-hybridized carbons (Fsp3) is 0.429. The predicted octanol–water partition coefficient (Wildman–Crippen LogP) is 2.21. The van der Waals surface area contributed by atoms with Crippen molar-refractivity contribution >= 4 is 46.2 Å². The first-order valence-corrected chi connectivity index (χ1v) is 8.25. The average molecular weight is 341 g/mol. The number of halogens is 1. The summed E-state index contributed by atoms with van der Waals surface area (Å²) >= 11 is 7.09. The fourth-order valence-electron chi connectivity index (χ4n) is 1.99. The van der Waals surface area contributed by atoms with E-state index < -0.39 is 5.25 Å². The Labute approximate surface area is 138 Å². The summed E-state index contributed by atoms with van der Waals surface area (Å²) in [5.41, 5.74) is 0. The van der Waals surface area contributed by atoms with E-state index in [0.717, 1.165) is 0 Å². The molecule has 6 nitrogen and oxygen atoms in total. The lowest BCUT2D eigenvalue weighted by Crippen LogP contribution is -2.34. The van der Waals surface area contributed by atoms with E-state index in [1.54, 1.807) is 17.0 Å². The maximum Gasteiger partial charge on any atom is 0.242 e. The first-order chi connectivity index (χ1) is 10.5. The molecule has 8 heteroatoms. The van der Waals surface area contributed by atoms with Crippen LogP contribution >= 0.6 is 23.4 Å². The highest BCUT2D eigenvalue weighted by Gasteiger charge is 2.38. The molecule has 1 fully saturated rings. The lowest BCUT2D eigenvalue weighted by Gasteiger charge is -2.13. The van der Waals surface area contributed by atoms with Gasteiger partial charge < -0.3 is 5.32 Å². The molecule has 0 aliphatic carbocycles. The summed E-state index contributed by atoms with van der Waals surface area (Å²) in [6.45, 7) is 4.78. The van der Waals surface area contributed by atoms with Gasteiger partial charge in [-0.3, -0.25) is 14.5 Å². The van der Waals surface area contributed by atoms with E-state index >= 15 is 0 Å². The Kier molecular flexibility index (Phi) is 5.79. The lowest BCUT2D eigenvalue weighted by atomic mass is 10.2. The zero-order valence-electron chi connectivity index (χ0n) is 12.4. The van der Waals surface area contributed by atoms with E-state index in [9.17, 15) is 9.59 Å². The molecule has 0 bridgehead atoms. The van der Waals surface area contributed by atoms with Crippen molar-refractivity contribution in [2.45, 2.75) is 25.5 Å². The van der Waals surface area contributed by atoms with E-state index in [0.29, 0.717) is 29.1 Å². The number of amidine groups is 1. The molecule has 1 saturated heterocycles. The summed E-state index contributed by atoms with van der Waals surface area (Å²) in [5.74, 6) is 0.263. The maximum absolute atomic E-state index is 12.3. The molecule has 0 radical (unpaired) electrons. The standard InChI is InChI=1S/C14H17ClN4O2S/c1-3-16-12(20)7-10-13(21)19(4-2)14(22-10)18-11-6-5-9(15)8-17-11/h5-6,8,10H,3-4,7H2,1-2H3,(H,16,20). The third kappa shape index (κ3) is 3.98. The average Bonchev–Trinajstić information content (AvgIpc) is 2.77. The number of pyridine rings is 1. The fourth-order valence-corrected chi connectivity index (χ4v) is 3.31. The molecule has 1 atom stereocenters. The molecule has 22 heavy (non-hydrogen) atoms. The van der Waals surface area contributed by atoms with E-state index in [-0.39, 0.29) is 18.2 Å². The number of aromatic nitrogens is 1. The molecule has 2 rings (SSSR count). The van der Waals surface area contributed by atoms with Gasteiger partial charge in [-0.25, -0.2) is 9.98 Å². The van der Waals surface area contributed by atoms with Crippen molar-refractivity contribution in [2.75, 3.05) is 13.1 Å². The Morgan fingerprint density at radius 1 is 1.50 bits per heavy atom. The van der Waals surface area contributed by atoms with Gasteiger partial charge in [-0.05, 0) is 26.0 Å². The molecule has 1 N–H and O–H groups in total. The molecule has 0 spiro atoms. The highest BCUT2D eigenvalue weighted by atomic mass is 35.5. The van der Waals surface area contributed by atoms with Crippen LogP contribution in [0.2, 0.25) is 5.02 Å². The number of rotatable bonds is 5. The molecule has 1 unspecified atom stereocenters. The molecule has 118 valence electrons. The minimum absolute atomic E-state index is 0.0912. The number of hydrogen-bond acceptors (Lipinski definition) is 5. The molecule has 1 aromatic heterocycles. The molecular formula is C14H17ClN4O2S. The number of carbonyl (C=O) groups is 2. The second kappa shape index (κ2) is 7.60. The minimum atomic E-state index is -0.433. The van der Waals surface area contributed by atoms with Crippen molar-refractivity contribution in [3.8, 4) is 0 Å². The second-order valence-corrected chi connectivity index (χ2v) is 6.18. The normalized spacial score (nSPS) is 19.8. The lowest BCUT2D eigenvalue weighted by molar-refractivity contribution is -0.129. The largest absolute Gasteiger partial charge is 0.356 e. The van der Waals surface area contributed by atoms with Crippen LogP contribution in [0.5, 0.6) is 0 Å². The first kappa shape index (κ1) is 16.8. The smallest absolute Gasteiger partial charge is 0.242 e. The van der Waals surface area contributed by atoms with Gasteiger partial charge in [0, 0.05) is 25.7 Å². The van der Waals surface area contributed by atoms with Gasteiger partial charge in [-0.2, -0.15) is 0 Å². The highest BCUT2D eigenvalue weighted by molar-refractivity contribution is 8.15. The molecule has 1 aliphatic rings. The Balaban J connectivity index is 2.16. The Hall–Kier alpha value is -1.60. The number of thioether (sulfide) groups is 1. The maximum atomic E-state index is 12.3. The van der Waals surface area contributed by atoms with Crippen LogP contribution in [0.15, 0.2) is 23.3 Å². The van der Waals surface area contributed by atoms with Gasteiger partial charge in [0.2, 0.25) is 11.8 Å². The topological polar surface area (TPSA) is 74.7 Å². The Morgan fingerprint density at radius 3 is 2.86 bits per heavy atom. The monoisotopic (exact) mass is 340 g/mol. The predicted molar refractivity (Wildman–Crippen MR) is 88.4 cm³/mol. The summed E-state index contributed by atoms with van der Waals surface area (Å²) in [7, 11) is 0. The van der Waals surface area contributed by atoms with Crippen LogP contribution in [0.3, 0.4) is 0 Å². The molecule has 0 saturated carbocycles. The molecule has 1 aromatic rings. The van der Waals surface area contributed by atoms with Crippen LogP contribution in [0.25, 0.3) is 0 Å². The van der Waals surface area contributed by atoms with Gasteiger partial charge in [0.25, 0.3) is 0 Å². The van der Waals surface area contributed by atoms with Gasteiger partial charge in [-0.1, -0.05) is 23.4 Å². The highest BCUT2D eigenvalue weighted by Crippen LogP contribution is 2.31. The summed E-state index contributed by atoms with van der Waals surface area (Å²) in [4.78, 5) is 34.1. The molecular weight excluding hydrogens is 324 g/mol. The number of nitrogens with one attached hydrogen (secondary N) is 1. The van der Waals surface area contributed by atoms with Gasteiger partial charge >= 0.3 is 0 Å². The van der Waals surface area contributed by atoms with Gasteiger partial charge in [0.1, 0.15) is 5.25 Å². The summed E-state index contributed by atoms with van der Waals surface area (Å²) in [6.07, 6.45) is 1.66. The van der Waals surface area contributed by atoms with Crippen LogP contribution in [0.4, 0.5) is 5.82 Å². The zero-order chi connectivity index (χ0) is 16.1. The van der Waals surface area contributed by atoms with Crippen LogP contribution in [0, 0.1) is 0 Å². The van der Waals surface area contributed by atoms with Crippen molar-refractivity contribution < 1.29 is 9.59 Å². The van der Waals surface area contributed by atoms with E-state index in [1.165, 1.54) is 18.0 Å².